The van der Waals surface area contributed by atoms with Crippen LogP contribution < -0.4 is 5.32 Å². The van der Waals surface area contributed by atoms with Crippen LogP contribution >= 0.6 is 11.8 Å². The summed E-state index contributed by atoms with van der Waals surface area (Å²) in [6.07, 6.45) is 0. The summed E-state index contributed by atoms with van der Waals surface area (Å²) < 4.78 is 48.4. The van der Waals surface area contributed by atoms with Crippen LogP contribution in [0.25, 0.3) is 22.4 Å². The summed E-state index contributed by atoms with van der Waals surface area (Å²) in [7, 11) is 0. The van der Waals surface area contributed by atoms with Crippen molar-refractivity contribution in [3.8, 4) is 11.3 Å². The van der Waals surface area contributed by atoms with Gasteiger partial charge in [0.15, 0.2) is 6.61 Å². The average Bonchev–Trinajstić information content (AvgIpc) is 3.19. The highest BCUT2D eigenvalue weighted by Crippen LogP contribution is 2.28. The molecule has 0 aliphatic heterocycles. The molecule has 0 aliphatic carbocycles. The third-order valence-electron chi connectivity index (χ3n) is 4.67. The van der Waals surface area contributed by atoms with Crippen LogP contribution in [-0.4, -0.2) is 34.4 Å². The molecular weight excluding hydrogens is 471 g/mol. The summed E-state index contributed by atoms with van der Waals surface area (Å²) in [6.45, 7) is 1.04. The monoisotopic (exact) mass is 487 g/mol. The molecule has 1 N–H and O–H groups in total. The van der Waals surface area contributed by atoms with Gasteiger partial charge in [0.1, 0.15) is 5.82 Å². The second-order valence-electron chi connectivity index (χ2n) is 7.04. The van der Waals surface area contributed by atoms with Gasteiger partial charge in [-0.05, 0) is 61.5 Å². The highest BCUT2D eigenvalue weighted by Gasteiger charge is 2.21. The van der Waals surface area contributed by atoms with E-state index in [2.05, 4.69) is 15.5 Å². The minimum Gasteiger partial charge on any atom is -0.452 e. The van der Waals surface area contributed by atoms with Gasteiger partial charge < -0.3 is 14.6 Å². The van der Waals surface area contributed by atoms with E-state index in [1.807, 2.05) is 0 Å². The highest BCUT2D eigenvalue weighted by molar-refractivity contribution is 7.99. The van der Waals surface area contributed by atoms with E-state index in [1.54, 1.807) is 6.92 Å². The van der Waals surface area contributed by atoms with Crippen LogP contribution in [0.15, 0.2) is 64.0 Å². The second kappa shape index (κ2) is 9.96. The molecule has 2 aromatic heterocycles. The van der Waals surface area contributed by atoms with Crippen LogP contribution in [0.1, 0.15) is 16.1 Å². The van der Waals surface area contributed by atoms with Crippen molar-refractivity contribution in [3.05, 3.63) is 71.7 Å². The zero-order valence-corrected chi connectivity index (χ0v) is 18.4. The number of amides is 1. The van der Waals surface area contributed by atoms with E-state index in [-0.39, 0.29) is 11.3 Å². The van der Waals surface area contributed by atoms with Gasteiger partial charge in [-0.25, -0.2) is 14.2 Å². The van der Waals surface area contributed by atoms with E-state index in [0.717, 1.165) is 0 Å². The molecule has 0 bridgehead atoms. The molecule has 0 atom stereocenters. The number of hydrogen-bond donors (Lipinski definition) is 1. The Balaban J connectivity index is 1.48. The summed E-state index contributed by atoms with van der Waals surface area (Å²) in [5.74, 6) is -4.39. The molecule has 4 aromatic rings. The number of rotatable bonds is 7. The predicted molar refractivity (Wildman–Crippen MR) is 119 cm³/mol. The molecule has 174 valence electrons. The van der Waals surface area contributed by atoms with E-state index in [9.17, 15) is 22.8 Å². The molecule has 11 heteroatoms. The maximum Gasteiger partial charge on any atom is 0.339 e. The van der Waals surface area contributed by atoms with Crippen LogP contribution in [0.3, 0.4) is 0 Å². The van der Waals surface area contributed by atoms with Crippen molar-refractivity contribution in [2.45, 2.75) is 17.6 Å². The Hall–Kier alpha value is -3.86. The normalized spacial score (nSPS) is 11.1. The number of aryl methyl sites for hydroxylation is 1. The van der Waals surface area contributed by atoms with Gasteiger partial charge in [-0.1, -0.05) is 16.9 Å². The lowest BCUT2D eigenvalue weighted by Crippen LogP contribution is -2.21. The molecule has 2 aromatic carbocycles. The van der Waals surface area contributed by atoms with Crippen LogP contribution in [0, 0.1) is 12.7 Å². The molecule has 1 amide bonds. The number of carbonyl (C=O) groups excluding carboxylic acids is 2. The average molecular weight is 487 g/mol. The molecule has 0 fully saturated rings. The number of thioether (sulfide) groups is 1. The van der Waals surface area contributed by atoms with Gasteiger partial charge in [0.2, 0.25) is 0 Å². The number of pyridine rings is 1. The van der Waals surface area contributed by atoms with E-state index in [1.165, 1.54) is 54.6 Å². The fourth-order valence-corrected chi connectivity index (χ4v) is 3.65. The first kappa shape index (κ1) is 23.3. The fraction of sp³-hybridized carbons (Fsp3) is 0.130. The number of ether oxygens (including phenoxy) is 1. The SMILES string of the molecule is Cc1noc2nc(-c3ccc(F)cc3)cc(C(=O)OCC(=O)Nc3ccc(SC(F)F)cc3)c12. The summed E-state index contributed by atoms with van der Waals surface area (Å²) in [6, 6.07) is 12.8. The standard InChI is InChI=1S/C23H16F3N3O4S/c1-12-20-17(10-18(28-21(20)33-29-12)13-2-4-14(24)5-3-13)22(31)32-11-19(30)27-15-6-8-16(9-7-15)34-23(25)26/h2-10,23H,11H2,1H3,(H,27,30). The van der Waals surface area contributed by atoms with E-state index < -0.39 is 30.1 Å². The molecule has 0 saturated heterocycles. The topological polar surface area (TPSA) is 94.3 Å². The molecule has 0 spiro atoms. The molecule has 0 aliphatic rings. The van der Waals surface area contributed by atoms with Crippen molar-refractivity contribution < 1.29 is 32.0 Å². The van der Waals surface area contributed by atoms with Crippen molar-refractivity contribution >= 4 is 40.4 Å². The molecule has 0 unspecified atom stereocenters. The Labute approximate surface area is 195 Å². The van der Waals surface area contributed by atoms with E-state index in [0.29, 0.717) is 44.7 Å². The zero-order chi connectivity index (χ0) is 24.2. The van der Waals surface area contributed by atoms with Gasteiger partial charge in [0, 0.05) is 16.1 Å². The molecule has 2 heterocycles. The fourth-order valence-electron chi connectivity index (χ4n) is 3.15. The largest absolute Gasteiger partial charge is 0.452 e. The molecule has 34 heavy (non-hydrogen) atoms. The Bertz CT molecular complexity index is 1340. The van der Waals surface area contributed by atoms with Gasteiger partial charge in [-0.15, -0.1) is 0 Å². The summed E-state index contributed by atoms with van der Waals surface area (Å²) in [4.78, 5) is 29.7. The van der Waals surface area contributed by atoms with Crippen LogP contribution in [0.4, 0.5) is 18.9 Å². The highest BCUT2D eigenvalue weighted by atomic mass is 32.2. The van der Waals surface area contributed by atoms with Gasteiger partial charge >= 0.3 is 5.97 Å². The van der Waals surface area contributed by atoms with Crippen LogP contribution in [0.2, 0.25) is 0 Å². The lowest BCUT2D eigenvalue weighted by atomic mass is 10.1. The Morgan fingerprint density at radius 2 is 1.82 bits per heavy atom. The number of anilines is 1. The third-order valence-corrected chi connectivity index (χ3v) is 5.40. The number of esters is 1. The van der Waals surface area contributed by atoms with Gasteiger partial charge in [0.25, 0.3) is 17.4 Å². The van der Waals surface area contributed by atoms with E-state index in [4.69, 9.17) is 9.26 Å². The van der Waals surface area contributed by atoms with Crippen molar-refractivity contribution in [1.82, 2.24) is 10.1 Å². The first-order valence-electron chi connectivity index (χ1n) is 9.85. The van der Waals surface area contributed by atoms with Gasteiger partial charge in [0.05, 0.1) is 22.3 Å². The maximum atomic E-state index is 13.3. The number of fused-ring (bicyclic) bond motifs is 1. The number of nitrogens with zero attached hydrogens (tertiary/aromatic N) is 2. The summed E-state index contributed by atoms with van der Waals surface area (Å²) in [5, 5.41) is 6.69. The minimum atomic E-state index is -2.54. The number of benzene rings is 2. The molecule has 0 radical (unpaired) electrons. The smallest absolute Gasteiger partial charge is 0.339 e. The summed E-state index contributed by atoms with van der Waals surface area (Å²) in [5.41, 5.74) is 1.83. The van der Waals surface area contributed by atoms with Crippen molar-refractivity contribution in [1.29, 1.82) is 0 Å². The Morgan fingerprint density at radius 1 is 1.12 bits per heavy atom. The second-order valence-corrected chi connectivity index (χ2v) is 8.10. The van der Waals surface area contributed by atoms with Crippen molar-refractivity contribution in [2.24, 2.45) is 0 Å². The van der Waals surface area contributed by atoms with Crippen molar-refractivity contribution in [3.63, 3.8) is 0 Å². The van der Waals surface area contributed by atoms with Crippen LogP contribution in [-0.2, 0) is 9.53 Å². The molecule has 0 saturated carbocycles. The first-order valence-corrected chi connectivity index (χ1v) is 10.7. The zero-order valence-electron chi connectivity index (χ0n) is 17.6. The minimum absolute atomic E-state index is 0.0873. The van der Waals surface area contributed by atoms with Gasteiger partial charge in [-0.3, -0.25) is 4.79 Å². The number of halogens is 3. The quantitative estimate of drug-likeness (QED) is 0.274. The van der Waals surface area contributed by atoms with Crippen molar-refractivity contribution in [2.75, 3.05) is 11.9 Å². The lowest BCUT2D eigenvalue weighted by molar-refractivity contribution is -0.119. The molecule has 7 nitrogen and oxygen atoms in total. The van der Waals surface area contributed by atoms with Gasteiger partial charge in [-0.2, -0.15) is 8.78 Å². The van der Waals surface area contributed by atoms with E-state index >= 15 is 0 Å². The lowest BCUT2D eigenvalue weighted by Gasteiger charge is -2.09. The predicted octanol–water partition coefficient (Wildman–Crippen LogP) is 5.45. The number of alkyl halides is 2. The number of nitrogens with one attached hydrogen (secondary N) is 1. The number of hydrogen-bond acceptors (Lipinski definition) is 7. The molecule has 4 rings (SSSR count). The first-order chi connectivity index (χ1) is 16.3. The Kier molecular flexibility index (Phi) is 6.82. The summed E-state index contributed by atoms with van der Waals surface area (Å²) >= 11 is 0.389. The maximum absolute atomic E-state index is 13.3. The molecular formula is C23H16F3N3O4S. The third kappa shape index (κ3) is 5.37. The van der Waals surface area contributed by atoms with Crippen LogP contribution in [0.5, 0.6) is 0 Å². The number of aromatic nitrogens is 2. The number of carbonyl (C=O) groups is 2. The Morgan fingerprint density at radius 3 is 2.50 bits per heavy atom.